The third kappa shape index (κ3) is 6.05. The number of likely N-dealkylation sites (tertiary alicyclic amines) is 2. The number of benzene rings is 2. The molecule has 2 aliphatic heterocycles. The summed E-state index contributed by atoms with van der Waals surface area (Å²) in [6.45, 7) is 4.88. The number of alkyl halides is 1. The van der Waals surface area contributed by atoms with Gasteiger partial charge in [0.05, 0.1) is 18.3 Å². The highest BCUT2D eigenvalue weighted by atomic mass is 19.1. The molecule has 12 heteroatoms. The molecule has 2 atom stereocenters. The number of halogens is 2. The summed E-state index contributed by atoms with van der Waals surface area (Å²) in [5, 5.41) is 11.0. The number of hydrogen-bond donors (Lipinski definition) is 2. The van der Waals surface area contributed by atoms with E-state index in [0.717, 1.165) is 11.3 Å². The number of aromatic nitrogens is 4. The first-order chi connectivity index (χ1) is 21.2. The van der Waals surface area contributed by atoms with E-state index in [4.69, 9.17) is 9.84 Å². The van der Waals surface area contributed by atoms with Crippen LogP contribution in [0.15, 0.2) is 67.0 Å². The molecule has 0 unspecified atom stereocenters. The monoisotopic (exact) mass is 602 g/mol. The average molecular weight is 603 g/mol. The Morgan fingerprint density at radius 1 is 1.09 bits per heavy atom. The minimum Gasteiger partial charge on any atom is -0.383 e. The van der Waals surface area contributed by atoms with Crippen molar-refractivity contribution in [1.29, 1.82) is 0 Å². The molecule has 4 aromatic rings. The molecule has 2 N–H and O–H groups in total. The molecule has 2 aromatic carbocycles. The molecule has 10 nitrogen and oxygen atoms in total. The number of para-hydroxylation sites is 1. The van der Waals surface area contributed by atoms with E-state index in [0.29, 0.717) is 48.9 Å². The molecule has 230 valence electrons. The Balaban J connectivity index is 1.26. The lowest BCUT2D eigenvalue weighted by atomic mass is 9.94. The predicted octanol–water partition coefficient (Wildman–Crippen LogP) is 4.12. The highest BCUT2D eigenvalue weighted by Crippen LogP contribution is 2.35. The second-order valence-electron chi connectivity index (χ2n) is 11.6. The van der Waals surface area contributed by atoms with Crippen LogP contribution in [0.3, 0.4) is 0 Å². The normalized spacial score (nSPS) is 19.9. The smallest absolute Gasteiger partial charge is 0.320 e. The first-order valence-corrected chi connectivity index (χ1v) is 14.6. The number of methoxy groups -OCH3 is 1. The van der Waals surface area contributed by atoms with Gasteiger partial charge in [0.2, 0.25) is 0 Å². The Morgan fingerprint density at radius 2 is 1.84 bits per heavy atom. The number of carbonyl (C=O) groups excluding carboxylic acids is 1. The van der Waals surface area contributed by atoms with Crippen molar-refractivity contribution in [2.24, 2.45) is 0 Å². The van der Waals surface area contributed by atoms with E-state index < -0.39 is 11.7 Å². The number of urea groups is 1. The molecular weight excluding hydrogens is 566 g/mol. The van der Waals surface area contributed by atoms with Crippen molar-refractivity contribution in [3.05, 3.63) is 89.8 Å². The molecule has 2 amide bonds. The van der Waals surface area contributed by atoms with Crippen LogP contribution in [0.4, 0.5) is 19.4 Å². The topological polar surface area (TPSA) is 100 Å². The maximum atomic E-state index is 15.1. The Bertz CT molecular complexity index is 1610. The molecule has 4 heterocycles. The molecular formula is C32H36F2N8O2. The summed E-state index contributed by atoms with van der Waals surface area (Å²) in [5.41, 5.74) is 1.90. The molecule has 0 spiro atoms. The van der Waals surface area contributed by atoms with Crippen molar-refractivity contribution in [2.45, 2.75) is 24.6 Å². The van der Waals surface area contributed by atoms with Crippen LogP contribution >= 0.6 is 0 Å². The van der Waals surface area contributed by atoms with Gasteiger partial charge in [-0.1, -0.05) is 30.3 Å². The quantitative estimate of drug-likeness (QED) is 0.297. The summed E-state index contributed by atoms with van der Waals surface area (Å²) in [6.07, 6.45) is 3.15. The van der Waals surface area contributed by atoms with E-state index >= 15 is 4.39 Å². The van der Waals surface area contributed by atoms with Gasteiger partial charge in [-0.25, -0.2) is 28.2 Å². The van der Waals surface area contributed by atoms with Gasteiger partial charge in [-0.05, 0) is 43.8 Å². The lowest BCUT2D eigenvalue weighted by molar-refractivity contribution is -0.0265. The predicted molar refractivity (Wildman–Crippen MR) is 163 cm³/mol. The van der Waals surface area contributed by atoms with Crippen molar-refractivity contribution in [1.82, 2.24) is 34.9 Å². The Hall–Kier alpha value is -4.26. The summed E-state index contributed by atoms with van der Waals surface area (Å²) < 4.78 is 36.1. The zero-order valence-corrected chi connectivity index (χ0v) is 25.0. The van der Waals surface area contributed by atoms with Gasteiger partial charge in [-0.15, -0.1) is 0 Å². The molecule has 0 radical (unpaired) electrons. The number of carbonyl (C=O) groups is 1. The van der Waals surface area contributed by atoms with Gasteiger partial charge in [-0.3, -0.25) is 15.1 Å². The van der Waals surface area contributed by atoms with E-state index in [9.17, 15) is 9.18 Å². The number of nitrogens with zero attached hydrogens (tertiary/aromatic N) is 6. The highest BCUT2D eigenvalue weighted by Gasteiger charge is 2.45. The van der Waals surface area contributed by atoms with Gasteiger partial charge in [0.15, 0.2) is 11.5 Å². The summed E-state index contributed by atoms with van der Waals surface area (Å²) >= 11 is 0. The summed E-state index contributed by atoms with van der Waals surface area (Å²) in [6, 6.07) is 15.3. The van der Waals surface area contributed by atoms with Gasteiger partial charge in [0.1, 0.15) is 17.3 Å². The number of ether oxygens (including phenoxy) is 1. The molecule has 2 fully saturated rings. The lowest BCUT2D eigenvalue weighted by Gasteiger charge is -2.40. The summed E-state index contributed by atoms with van der Waals surface area (Å²) in [4.78, 5) is 26.3. The zero-order valence-electron chi connectivity index (χ0n) is 25.0. The van der Waals surface area contributed by atoms with Crippen LogP contribution in [0.5, 0.6) is 0 Å². The number of rotatable bonds is 9. The van der Waals surface area contributed by atoms with Crippen LogP contribution in [0.25, 0.3) is 16.9 Å². The fourth-order valence-corrected chi connectivity index (χ4v) is 6.13. The van der Waals surface area contributed by atoms with E-state index in [1.54, 1.807) is 30.3 Å². The number of amides is 2. The molecule has 2 aliphatic rings. The summed E-state index contributed by atoms with van der Waals surface area (Å²) in [7, 11) is 3.50. The van der Waals surface area contributed by atoms with Crippen LogP contribution in [0.1, 0.15) is 22.9 Å². The maximum Gasteiger partial charge on any atom is 0.320 e. The van der Waals surface area contributed by atoms with Gasteiger partial charge < -0.3 is 10.1 Å². The van der Waals surface area contributed by atoms with E-state index in [1.807, 2.05) is 55.3 Å². The number of anilines is 1. The van der Waals surface area contributed by atoms with Gasteiger partial charge >= 0.3 is 6.03 Å². The second kappa shape index (κ2) is 12.4. The molecule has 44 heavy (non-hydrogen) atoms. The Morgan fingerprint density at radius 3 is 2.52 bits per heavy atom. The number of hydrogen-bond acceptors (Lipinski definition) is 7. The molecule has 0 bridgehead atoms. The second-order valence-corrected chi connectivity index (χ2v) is 11.6. The Labute approximate surface area is 255 Å². The largest absolute Gasteiger partial charge is 0.383 e. The standard InChI is InChI=1S/C32H36F2N8O2/c1-21-28(23-15-35-30(36-16-23)32(34)19-40(2)20-32)39-42(25-10-5-4-6-11-25)29(21)38-31(43)37-27-18-41(12-13-44-3)17-26(27)22-8-7-9-24(33)14-22/h4-11,14-16,26-27H,12-13,17-20H2,1-3H3,(H2,37,38,43)/t26-,27+/m0/s1. The highest BCUT2D eigenvalue weighted by molar-refractivity contribution is 5.91. The number of likely N-dealkylation sites (N-methyl/N-ethyl adjacent to an activating group) is 1. The van der Waals surface area contributed by atoms with E-state index in [2.05, 4.69) is 25.5 Å². The van der Waals surface area contributed by atoms with Gasteiger partial charge in [0.25, 0.3) is 0 Å². The fourth-order valence-electron chi connectivity index (χ4n) is 6.13. The van der Waals surface area contributed by atoms with Crippen molar-refractivity contribution in [3.8, 4) is 16.9 Å². The molecule has 2 aromatic heterocycles. The molecule has 6 rings (SSSR count). The maximum absolute atomic E-state index is 15.1. The van der Waals surface area contributed by atoms with Gasteiger partial charge in [0, 0.05) is 69.3 Å². The zero-order chi connectivity index (χ0) is 30.8. The lowest BCUT2D eigenvalue weighted by Crippen LogP contribution is -2.55. The fraction of sp³-hybridized carbons (Fsp3) is 0.375. The first-order valence-electron chi connectivity index (χ1n) is 14.6. The number of nitrogens with one attached hydrogen (secondary N) is 2. The SMILES string of the molecule is COCCN1C[C@@H](NC(=O)Nc2c(C)c(-c3cnc(C4(F)CN(C)C4)nc3)nn2-c2ccccc2)[C@H](c2cccc(F)c2)C1. The minimum absolute atomic E-state index is 0.103. The van der Waals surface area contributed by atoms with Crippen molar-refractivity contribution < 1.29 is 18.3 Å². The average Bonchev–Trinajstić information content (AvgIpc) is 3.56. The van der Waals surface area contributed by atoms with Gasteiger partial charge in [-0.2, -0.15) is 5.10 Å². The van der Waals surface area contributed by atoms with Crippen LogP contribution in [0, 0.1) is 12.7 Å². The van der Waals surface area contributed by atoms with E-state index in [1.165, 1.54) is 12.1 Å². The third-order valence-electron chi connectivity index (χ3n) is 8.32. The van der Waals surface area contributed by atoms with E-state index in [-0.39, 0.29) is 36.7 Å². The molecule has 0 saturated carbocycles. The van der Waals surface area contributed by atoms with Crippen molar-refractivity contribution >= 4 is 11.8 Å². The molecule has 0 aliphatic carbocycles. The first kappa shape index (κ1) is 29.8. The van der Waals surface area contributed by atoms with Crippen LogP contribution in [-0.2, 0) is 10.4 Å². The van der Waals surface area contributed by atoms with Crippen LogP contribution < -0.4 is 10.6 Å². The third-order valence-corrected chi connectivity index (χ3v) is 8.32. The molecule has 2 saturated heterocycles. The summed E-state index contributed by atoms with van der Waals surface area (Å²) in [5.74, 6) is 0.219. The minimum atomic E-state index is -1.56. The van der Waals surface area contributed by atoms with Crippen molar-refractivity contribution in [3.63, 3.8) is 0 Å². The van der Waals surface area contributed by atoms with Crippen LogP contribution in [0.2, 0.25) is 0 Å². The van der Waals surface area contributed by atoms with Crippen LogP contribution in [-0.4, -0.2) is 95.1 Å². The Kier molecular flexibility index (Phi) is 8.39. The van der Waals surface area contributed by atoms with Crippen molar-refractivity contribution in [2.75, 3.05) is 58.8 Å².